The first-order valence-corrected chi connectivity index (χ1v) is 12.5. The van der Waals surface area contributed by atoms with Crippen LogP contribution in [0.4, 0.5) is 16.2 Å². The van der Waals surface area contributed by atoms with Gasteiger partial charge in [0.15, 0.2) is 18.1 Å². The van der Waals surface area contributed by atoms with E-state index in [0.29, 0.717) is 26.4 Å². The van der Waals surface area contributed by atoms with E-state index < -0.39 is 23.8 Å². The minimum atomic E-state index is -0.833. The van der Waals surface area contributed by atoms with Gasteiger partial charge in [-0.25, -0.2) is 9.69 Å². The summed E-state index contributed by atoms with van der Waals surface area (Å²) >= 11 is 9.28. The molecule has 38 heavy (non-hydrogen) atoms. The maximum absolute atomic E-state index is 13.1. The van der Waals surface area contributed by atoms with Crippen molar-refractivity contribution in [3.63, 3.8) is 0 Å². The van der Waals surface area contributed by atoms with Gasteiger partial charge in [0, 0.05) is 10.7 Å². The number of imide groups is 2. The highest BCUT2D eigenvalue weighted by Crippen LogP contribution is 2.38. The molecule has 5 amide bonds. The molecule has 0 aromatic heterocycles. The molecule has 1 heterocycles. The van der Waals surface area contributed by atoms with Crippen molar-refractivity contribution in [3.05, 3.63) is 87.4 Å². The first-order valence-electron chi connectivity index (χ1n) is 11.4. The predicted octanol–water partition coefficient (Wildman–Crippen LogP) is 5.19. The van der Waals surface area contributed by atoms with E-state index in [0.717, 1.165) is 4.90 Å². The summed E-state index contributed by atoms with van der Waals surface area (Å²) in [5.74, 6) is -1.44. The Morgan fingerprint density at radius 1 is 1.05 bits per heavy atom. The van der Waals surface area contributed by atoms with Crippen molar-refractivity contribution in [2.24, 2.45) is 0 Å². The van der Waals surface area contributed by atoms with Crippen molar-refractivity contribution in [2.45, 2.75) is 6.92 Å². The molecule has 0 radical (unpaired) electrons. The maximum atomic E-state index is 13.1. The fraction of sp³-hybridized carbons (Fsp3) is 0.111. The lowest BCUT2D eigenvalue weighted by Gasteiger charge is -2.26. The van der Waals surface area contributed by atoms with E-state index in [1.807, 2.05) is 0 Å². The Morgan fingerprint density at radius 3 is 2.45 bits per heavy atom. The van der Waals surface area contributed by atoms with Gasteiger partial charge < -0.3 is 14.8 Å². The van der Waals surface area contributed by atoms with Crippen LogP contribution in [0.1, 0.15) is 12.5 Å². The first kappa shape index (κ1) is 26.9. The van der Waals surface area contributed by atoms with E-state index in [9.17, 15) is 19.2 Å². The number of halogens is 2. The molecule has 1 fully saturated rings. The molecule has 11 heteroatoms. The molecule has 3 aromatic carbocycles. The highest BCUT2D eigenvalue weighted by molar-refractivity contribution is 9.10. The van der Waals surface area contributed by atoms with Gasteiger partial charge in [-0.15, -0.1) is 0 Å². The monoisotopic (exact) mass is 597 g/mol. The Balaban J connectivity index is 1.57. The second-order valence-electron chi connectivity index (χ2n) is 7.90. The van der Waals surface area contributed by atoms with E-state index >= 15 is 0 Å². The topological polar surface area (TPSA) is 114 Å². The zero-order valence-electron chi connectivity index (χ0n) is 20.0. The maximum Gasteiger partial charge on any atom is 0.335 e. The fourth-order valence-electron chi connectivity index (χ4n) is 3.58. The zero-order valence-corrected chi connectivity index (χ0v) is 22.3. The number of carbonyl (C=O) groups excluding carboxylic acids is 4. The zero-order chi connectivity index (χ0) is 27.2. The van der Waals surface area contributed by atoms with Gasteiger partial charge in [0.2, 0.25) is 0 Å². The summed E-state index contributed by atoms with van der Waals surface area (Å²) in [6.07, 6.45) is 1.35. The summed E-state index contributed by atoms with van der Waals surface area (Å²) < 4.78 is 11.8. The van der Waals surface area contributed by atoms with Gasteiger partial charge >= 0.3 is 6.03 Å². The molecule has 194 valence electrons. The van der Waals surface area contributed by atoms with Crippen molar-refractivity contribution in [1.82, 2.24) is 5.32 Å². The van der Waals surface area contributed by atoms with Crippen LogP contribution < -0.4 is 25.0 Å². The largest absolute Gasteiger partial charge is 0.490 e. The summed E-state index contributed by atoms with van der Waals surface area (Å²) in [4.78, 5) is 51.3. The molecule has 1 saturated heterocycles. The average molecular weight is 599 g/mol. The Bertz CT molecular complexity index is 1430. The standard InChI is InChI=1S/C27H21BrClN3O6/c1-2-37-22-14-16(12-20-25(34)31-27(36)32(26(20)35)19-6-4-3-5-7-19)13-21(28)24(22)38-15-23(33)30-18-10-8-17(29)9-11-18/h3-14H,2,15H2,1H3,(H,30,33)(H,31,34,36)/b20-12+. The molecular formula is C27H21BrClN3O6. The van der Waals surface area contributed by atoms with Crippen LogP contribution in [0.15, 0.2) is 76.8 Å². The molecule has 3 aromatic rings. The van der Waals surface area contributed by atoms with Crippen molar-refractivity contribution in [1.29, 1.82) is 0 Å². The number of nitrogens with one attached hydrogen (secondary N) is 2. The SMILES string of the molecule is CCOc1cc(/C=C2\C(=O)NC(=O)N(c3ccccc3)C2=O)cc(Br)c1OCC(=O)Nc1ccc(Cl)cc1. The third-order valence-electron chi connectivity index (χ3n) is 5.23. The number of benzene rings is 3. The number of hydrogen-bond donors (Lipinski definition) is 2. The Morgan fingerprint density at radius 2 is 1.76 bits per heavy atom. The normalized spacial score (nSPS) is 14.3. The van der Waals surface area contributed by atoms with E-state index in [4.69, 9.17) is 21.1 Å². The van der Waals surface area contributed by atoms with Gasteiger partial charge in [0.25, 0.3) is 17.7 Å². The van der Waals surface area contributed by atoms with Crippen molar-refractivity contribution < 1.29 is 28.7 Å². The molecule has 0 bridgehead atoms. The Hall–Kier alpha value is -4.15. The molecule has 0 atom stereocenters. The molecule has 0 saturated carbocycles. The molecule has 1 aliphatic rings. The van der Waals surface area contributed by atoms with Crippen LogP contribution in [0.5, 0.6) is 11.5 Å². The molecule has 9 nitrogen and oxygen atoms in total. The summed E-state index contributed by atoms with van der Waals surface area (Å²) in [6, 6.07) is 17.2. The van der Waals surface area contributed by atoms with E-state index in [1.54, 1.807) is 73.7 Å². The quantitative estimate of drug-likeness (QED) is 0.273. The van der Waals surface area contributed by atoms with Crippen LogP contribution in [0, 0.1) is 0 Å². The van der Waals surface area contributed by atoms with Crippen LogP contribution in [0.25, 0.3) is 6.08 Å². The smallest absolute Gasteiger partial charge is 0.335 e. The number of carbonyl (C=O) groups is 4. The second-order valence-corrected chi connectivity index (χ2v) is 9.19. The number of anilines is 2. The number of barbiturate groups is 1. The van der Waals surface area contributed by atoms with E-state index in [1.165, 1.54) is 6.08 Å². The predicted molar refractivity (Wildman–Crippen MR) is 146 cm³/mol. The molecule has 0 spiro atoms. The van der Waals surface area contributed by atoms with Gasteiger partial charge in [-0.05, 0) is 83.0 Å². The van der Waals surface area contributed by atoms with E-state index in [2.05, 4.69) is 26.6 Å². The van der Waals surface area contributed by atoms with Gasteiger partial charge in [-0.1, -0.05) is 29.8 Å². The number of ether oxygens (including phenoxy) is 2. The molecule has 2 N–H and O–H groups in total. The van der Waals surface area contributed by atoms with Crippen LogP contribution in [0.2, 0.25) is 5.02 Å². The van der Waals surface area contributed by atoms with Crippen LogP contribution >= 0.6 is 27.5 Å². The summed E-state index contributed by atoms with van der Waals surface area (Å²) in [5, 5.41) is 5.44. The third-order valence-corrected chi connectivity index (χ3v) is 6.08. The minimum absolute atomic E-state index is 0.237. The van der Waals surface area contributed by atoms with Crippen LogP contribution in [-0.2, 0) is 14.4 Å². The lowest BCUT2D eigenvalue weighted by atomic mass is 10.1. The highest BCUT2D eigenvalue weighted by atomic mass is 79.9. The molecule has 0 aliphatic carbocycles. The van der Waals surface area contributed by atoms with Gasteiger partial charge in [0.05, 0.1) is 16.8 Å². The number of rotatable bonds is 8. The van der Waals surface area contributed by atoms with Gasteiger partial charge in [-0.2, -0.15) is 0 Å². The Kier molecular flexibility index (Phi) is 8.45. The van der Waals surface area contributed by atoms with Crippen molar-refractivity contribution in [2.75, 3.05) is 23.4 Å². The first-order chi connectivity index (χ1) is 18.3. The summed E-state index contributed by atoms with van der Waals surface area (Å²) in [6.45, 7) is 1.75. The number of nitrogens with zero attached hydrogens (tertiary/aromatic N) is 1. The van der Waals surface area contributed by atoms with Gasteiger partial charge in [-0.3, -0.25) is 19.7 Å². The average Bonchev–Trinajstić information content (AvgIpc) is 2.88. The van der Waals surface area contributed by atoms with Crippen molar-refractivity contribution >= 4 is 68.7 Å². The van der Waals surface area contributed by atoms with Crippen LogP contribution in [-0.4, -0.2) is 37.0 Å². The number of urea groups is 1. The Labute approximate surface area is 231 Å². The number of hydrogen-bond acceptors (Lipinski definition) is 6. The summed E-state index contributed by atoms with van der Waals surface area (Å²) in [5.41, 5.74) is 1.08. The lowest BCUT2D eigenvalue weighted by Crippen LogP contribution is -2.54. The lowest BCUT2D eigenvalue weighted by molar-refractivity contribution is -0.122. The number of amides is 5. The third kappa shape index (κ3) is 6.21. The fourth-order valence-corrected chi connectivity index (χ4v) is 4.28. The van der Waals surface area contributed by atoms with Gasteiger partial charge in [0.1, 0.15) is 5.57 Å². The molecule has 1 aliphatic heterocycles. The second kappa shape index (κ2) is 11.9. The number of para-hydroxylation sites is 1. The summed E-state index contributed by atoms with van der Waals surface area (Å²) in [7, 11) is 0. The highest BCUT2D eigenvalue weighted by Gasteiger charge is 2.36. The molecular weight excluding hydrogens is 578 g/mol. The van der Waals surface area contributed by atoms with Crippen LogP contribution in [0.3, 0.4) is 0 Å². The molecule has 4 rings (SSSR count). The van der Waals surface area contributed by atoms with E-state index in [-0.39, 0.29) is 30.3 Å². The molecule has 0 unspecified atom stereocenters. The minimum Gasteiger partial charge on any atom is -0.490 e. The van der Waals surface area contributed by atoms with Crippen molar-refractivity contribution in [3.8, 4) is 11.5 Å².